The molecule has 1 heterocycles. The largest absolute Gasteiger partial charge is 0.336 e. The Kier molecular flexibility index (Phi) is 6.46. The minimum absolute atomic E-state index is 0.00430. The van der Waals surface area contributed by atoms with E-state index in [2.05, 4.69) is 15.9 Å². The van der Waals surface area contributed by atoms with Gasteiger partial charge in [-0.25, -0.2) is 0 Å². The van der Waals surface area contributed by atoms with Crippen LogP contribution < -0.4 is 0 Å². The summed E-state index contributed by atoms with van der Waals surface area (Å²) in [4.78, 5) is 40.3. The molecule has 134 valence electrons. The monoisotopic (exact) mass is 424 g/mol. The van der Waals surface area contributed by atoms with E-state index in [0.717, 1.165) is 26.7 Å². The van der Waals surface area contributed by atoms with Crippen molar-refractivity contribution in [3.05, 3.63) is 39.2 Å². The molecule has 0 aliphatic carbocycles. The van der Waals surface area contributed by atoms with E-state index in [1.165, 1.54) is 0 Å². The molecule has 0 bridgehead atoms. The van der Waals surface area contributed by atoms with Crippen LogP contribution in [0.1, 0.15) is 33.3 Å². The molecule has 0 atom stereocenters. The molecule has 25 heavy (non-hydrogen) atoms. The zero-order valence-electron chi connectivity index (χ0n) is 14.7. The maximum atomic E-state index is 12.5. The Hall–Kier alpha value is -1.60. The smallest absolute Gasteiger partial charge is 0.294 e. The first-order valence-electron chi connectivity index (χ1n) is 8.02. The molecule has 3 amide bonds. The van der Waals surface area contributed by atoms with Crippen molar-refractivity contribution in [3.63, 3.8) is 0 Å². The van der Waals surface area contributed by atoms with Crippen LogP contribution in [0, 0.1) is 0 Å². The summed E-state index contributed by atoms with van der Waals surface area (Å²) in [6.45, 7) is 7.44. The van der Waals surface area contributed by atoms with Crippen molar-refractivity contribution in [2.75, 3.05) is 6.54 Å². The number of imide groups is 1. The summed E-state index contributed by atoms with van der Waals surface area (Å²) in [6.07, 6.45) is 1.67. The van der Waals surface area contributed by atoms with E-state index in [9.17, 15) is 14.4 Å². The average molecular weight is 425 g/mol. The summed E-state index contributed by atoms with van der Waals surface area (Å²) in [6, 6.07) is 7.46. The lowest BCUT2D eigenvalue weighted by molar-refractivity contribution is -0.138. The van der Waals surface area contributed by atoms with Crippen molar-refractivity contribution in [1.29, 1.82) is 0 Å². The number of benzene rings is 1. The molecule has 0 N–H and O–H groups in total. The summed E-state index contributed by atoms with van der Waals surface area (Å²) in [5.74, 6) is -0.646. The third-order valence-corrected chi connectivity index (χ3v) is 5.11. The average Bonchev–Trinajstić information content (AvgIpc) is 2.74. The summed E-state index contributed by atoms with van der Waals surface area (Å²) in [5, 5.41) is -0.410. The van der Waals surface area contributed by atoms with E-state index >= 15 is 0 Å². The van der Waals surface area contributed by atoms with Crippen molar-refractivity contribution >= 4 is 50.8 Å². The molecule has 7 heteroatoms. The zero-order chi connectivity index (χ0) is 18.7. The van der Waals surface area contributed by atoms with Crippen molar-refractivity contribution in [3.8, 4) is 0 Å². The van der Waals surface area contributed by atoms with Gasteiger partial charge in [-0.05, 0) is 63.2 Å². The number of nitrogens with zero attached hydrogens (tertiary/aromatic N) is 2. The van der Waals surface area contributed by atoms with Crippen LogP contribution in [0.4, 0.5) is 4.79 Å². The van der Waals surface area contributed by atoms with Crippen LogP contribution in [0.2, 0.25) is 0 Å². The van der Waals surface area contributed by atoms with E-state index in [0.29, 0.717) is 4.91 Å². The molecule has 1 saturated heterocycles. The fourth-order valence-electron chi connectivity index (χ4n) is 2.77. The van der Waals surface area contributed by atoms with E-state index in [4.69, 9.17) is 0 Å². The van der Waals surface area contributed by atoms with Gasteiger partial charge in [0.1, 0.15) is 6.54 Å². The Balaban J connectivity index is 2.17. The molecule has 0 aromatic heterocycles. The summed E-state index contributed by atoms with van der Waals surface area (Å²) in [5.41, 5.74) is 0.817. The zero-order valence-corrected chi connectivity index (χ0v) is 17.1. The second-order valence-corrected chi connectivity index (χ2v) is 8.22. The van der Waals surface area contributed by atoms with E-state index in [1.807, 2.05) is 52.0 Å². The lowest BCUT2D eigenvalue weighted by Gasteiger charge is -2.31. The number of amides is 3. The van der Waals surface area contributed by atoms with Gasteiger partial charge in [0.15, 0.2) is 0 Å². The first kappa shape index (κ1) is 19.7. The van der Waals surface area contributed by atoms with Gasteiger partial charge in [-0.2, -0.15) is 0 Å². The molecule has 5 nitrogen and oxygen atoms in total. The van der Waals surface area contributed by atoms with Gasteiger partial charge in [0.2, 0.25) is 5.91 Å². The minimum atomic E-state index is -0.421. The number of hydrogen-bond donors (Lipinski definition) is 0. The van der Waals surface area contributed by atoms with Gasteiger partial charge in [0, 0.05) is 16.6 Å². The summed E-state index contributed by atoms with van der Waals surface area (Å²) < 4.78 is 0.889. The second-order valence-electron chi connectivity index (χ2n) is 6.31. The fraction of sp³-hybridized carbons (Fsp3) is 0.389. The molecule has 1 fully saturated rings. The normalized spacial score (nSPS) is 16.4. The Morgan fingerprint density at radius 2 is 1.88 bits per heavy atom. The molecular weight excluding hydrogens is 404 g/mol. The topological polar surface area (TPSA) is 57.7 Å². The third kappa shape index (κ3) is 4.73. The van der Waals surface area contributed by atoms with Crippen molar-refractivity contribution in [1.82, 2.24) is 9.80 Å². The molecule has 0 spiro atoms. The van der Waals surface area contributed by atoms with Crippen LogP contribution in [0.25, 0.3) is 6.08 Å². The molecule has 1 aromatic rings. The second kappa shape index (κ2) is 8.19. The van der Waals surface area contributed by atoms with Crippen molar-refractivity contribution in [2.45, 2.75) is 39.8 Å². The van der Waals surface area contributed by atoms with Crippen LogP contribution in [0.3, 0.4) is 0 Å². The molecule has 0 radical (unpaired) electrons. The number of halogens is 1. The minimum Gasteiger partial charge on any atom is -0.336 e. The summed E-state index contributed by atoms with van der Waals surface area (Å²) in [7, 11) is 0. The highest BCUT2D eigenvalue weighted by atomic mass is 79.9. The number of carbonyl (C=O) groups excluding carboxylic acids is 3. The Morgan fingerprint density at radius 1 is 1.24 bits per heavy atom. The third-order valence-electron chi connectivity index (χ3n) is 3.71. The molecule has 0 unspecified atom stereocenters. The molecule has 0 saturated carbocycles. The van der Waals surface area contributed by atoms with Crippen molar-refractivity contribution < 1.29 is 14.4 Å². The highest BCUT2D eigenvalue weighted by Crippen LogP contribution is 2.32. The van der Waals surface area contributed by atoms with Gasteiger partial charge in [-0.1, -0.05) is 28.1 Å². The first-order chi connectivity index (χ1) is 11.7. The number of carbonyl (C=O) groups is 3. The van der Waals surface area contributed by atoms with Gasteiger partial charge in [0.05, 0.1) is 4.91 Å². The SMILES string of the molecule is CC(C)N(C(=O)CN1C(=O)S/C(=C\c2cccc(Br)c2)C1=O)C(C)C. The first-order valence-corrected chi connectivity index (χ1v) is 9.63. The lowest BCUT2D eigenvalue weighted by Crippen LogP contribution is -2.48. The Bertz CT molecular complexity index is 723. The molecule has 1 aliphatic rings. The highest BCUT2D eigenvalue weighted by molar-refractivity contribution is 9.10. The maximum Gasteiger partial charge on any atom is 0.294 e. The summed E-state index contributed by atoms with van der Waals surface area (Å²) >= 11 is 4.24. The molecule has 2 rings (SSSR count). The van der Waals surface area contributed by atoms with Crippen LogP contribution in [-0.4, -0.2) is 45.5 Å². The molecule has 1 aliphatic heterocycles. The van der Waals surface area contributed by atoms with Gasteiger partial charge in [0.25, 0.3) is 11.1 Å². The van der Waals surface area contributed by atoms with Crippen molar-refractivity contribution in [2.24, 2.45) is 0 Å². The Morgan fingerprint density at radius 3 is 2.44 bits per heavy atom. The van der Waals surface area contributed by atoms with Crippen LogP contribution in [0.5, 0.6) is 0 Å². The number of rotatable bonds is 5. The predicted octanol–water partition coefficient (Wildman–Crippen LogP) is 4.13. The standard InChI is InChI=1S/C18H21BrN2O3S/c1-11(2)21(12(3)4)16(22)10-20-17(23)15(25-18(20)24)9-13-6-5-7-14(19)8-13/h5-9,11-12H,10H2,1-4H3/b15-9-. The maximum absolute atomic E-state index is 12.5. The fourth-order valence-corrected chi connectivity index (χ4v) is 4.03. The molecular formula is C18H21BrN2O3S. The van der Waals surface area contributed by atoms with Crippen LogP contribution >= 0.6 is 27.7 Å². The number of thioether (sulfide) groups is 1. The van der Waals surface area contributed by atoms with Gasteiger partial charge in [-0.3, -0.25) is 19.3 Å². The Labute approximate surface area is 160 Å². The highest BCUT2D eigenvalue weighted by Gasteiger charge is 2.37. The van der Waals surface area contributed by atoms with Gasteiger partial charge < -0.3 is 4.90 Å². The van der Waals surface area contributed by atoms with Gasteiger partial charge in [-0.15, -0.1) is 0 Å². The van der Waals surface area contributed by atoms with E-state index < -0.39 is 11.1 Å². The number of hydrogen-bond acceptors (Lipinski definition) is 4. The van der Waals surface area contributed by atoms with Crippen LogP contribution in [0.15, 0.2) is 33.6 Å². The predicted molar refractivity (Wildman–Crippen MR) is 104 cm³/mol. The molecule has 1 aromatic carbocycles. The van der Waals surface area contributed by atoms with E-state index in [-0.39, 0.29) is 24.5 Å². The lowest BCUT2D eigenvalue weighted by atomic mass is 10.2. The van der Waals surface area contributed by atoms with Gasteiger partial charge >= 0.3 is 0 Å². The quantitative estimate of drug-likeness (QED) is 0.666. The van der Waals surface area contributed by atoms with E-state index in [1.54, 1.807) is 11.0 Å². The van der Waals surface area contributed by atoms with Crippen LogP contribution in [-0.2, 0) is 9.59 Å².